The van der Waals surface area contributed by atoms with Crippen molar-refractivity contribution in [2.24, 2.45) is 0 Å². The highest BCUT2D eigenvalue weighted by Gasteiger charge is 2.38. The Hall–Kier alpha value is -16.6. The van der Waals surface area contributed by atoms with Crippen LogP contribution < -0.4 is 0 Å². The Morgan fingerprint density at radius 3 is 0.477 bits per heavy atom. The number of aryl methyl sites for hydroxylation is 2. The number of rotatable bonds is 16. The summed E-state index contributed by atoms with van der Waals surface area (Å²) in [7, 11) is 0. The number of hydrogen-bond donors (Lipinski definition) is 0. The lowest BCUT2D eigenvalue weighted by Crippen LogP contribution is -2.02. The van der Waals surface area contributed by atoms with E-state index in [0.29, 0.717) is 22.3 Å². The van der Waals surface area contributed by atoms with E-state index in [0.717, 1.165) is 77.9 Å². The van der Waals surface area contributed by atoms with E-state index in [-0.39, 0.29) is 11.6 Å². The van der Waals surface area contributed by atoms with Crippen LogP contribution in [0.2, 0.25) is 0 Å². The molecule has 2 heteroatoms. The Labute approximate surface area is 754 Å². The normalized spacial score (nSPS) is 12.0. The summed E-state index contributed by atoms with van der Waals surface area (Å²) in [6.07, 6.45) is 10.3. The van der Waals surface area contributed by atoms with Gasteiger partial charge in [0.2, 0.25) is 0 Å². The molecule has 18 aromatic carbocycles. The Morgan fingerprint density at radius 2 is 0.297 bits per heavy atom. The number of allylic oxidation sites excluding steroid dienone is 8. The molecule has 0 saturated heterocycles. The lowest BCUT2D eigenvalue weighted by Gasteiger charge is -2.22. The molecule has 0 aliphatic heterocycles. The average molecular weight is 1640 g/mol. The zero-order valence-corrected chi connectivity index (χ0v) is 72.2. The van der Waals surface area contributed by atoms with E-state index in [2.05, 4.69) is 329 Å². The second kappa shape index (κ2) is 41.0. The first kappa shape index (κ1) is 85.0. The fourth-order valence-corrected chi connectivity index (χ4v) is 17.0. The second-order valence-corrected chi connectivity index (χ2v) is 31.0. The maximum Gasteiger partial charge on any atom is 0.195 e. The van der Waals surface area contributed by atoms with E-state index >= 15 is 0 Å². The van der Waals surface area contributed by atoms with E-state index in [1.807, 2.05) is 196 Å². The van der Waals surface area contributed by atoms with Gasteiger partial charge >= 0.3 is 0 Å². The molecule has 0 bridgehead atoms. The molecular weight excluding hydrogens is 1550 g/mol. The van der Waals surface area contributed by atoms with Crippen molar-refractivity contribution in [3.63, 3.8) is 0 Å². The third-order valence-electron chi connectivity index (χ3n) is 23.0. The van der Waals surface area contributed by atoms with Crippen LogP contribution in [0, 0.1) is 38.5 Å². The maximum atomic E-state index is 14.8. The van der Waals surface area contributed by atoms with Gasteiger partial charge in [-0.05, 0) is 172 Å². The van der Waals surface area contributed by atoms with E-state index < -0.39 is 0 Å². The van der Waals surface area contributed by atoms with Gasteiger partial charge in [0.05, 0.1) is 0 Å². The quantitative estimate of drug-likeness (QED) is 0.0904. The molecule has 18 aromatic rings. The van der Waals surface area contributed by atoms with Crippen LogP contribution in [-0.2, 0) is 9.59 Å². The summed E-state index contributed by atoms with van der Waals surface area (Å²) < 4.78 is 0. The van der Waals surface area contributed by atoms with Gasteiger partial charge in [-0.15, -0.1) is 12.8 Å². The summed E-state index contributed by atoms with van der Waals surface area (Å²) >= 11 is 0. The van der Waals surface area contributed by atoms with Crippen LogP contribution in [0.4, 0.5) is 0 Å². The zero-order chi connectivity index (χ0) is 87.9. The second-order valence-electron chi connectivity index (χ2n) is 31.0. The first-order valence-corrected chi connectivity index (χ1v) is 43.5. The molecule has 128 heavy (non-hydrogen) atoms. The van der Waals surface area contributed by atoms with E-state index in [1.54, 1.807) is 0 Å². The molecule has 0 unspecified atom stereocenters. The first-order valence-electron chi connectivity index (χ1n) is 43.5. The van der Waals surface area contributed by atoms with Crippen LogP contribution >= 0.6 is 0 Å². The third-order valence-corrected chi connectivity index (χ3v) is 23.0. The first-order chi connectivity index (χ1) is 63.2. The lowest BCUT2D eigenvalue weighted by molar-refractivity contribution is -0.109. The Morgan fingerprint density at radius 1 is 0.156 bits per heavy atom. The molecule has 0 fully saturated rings. The van der Waals surface area contributed by atoms with Gasteiger partial charge in [-0.25, -0.2) is 0 Å². The van der Waals surface area contributed by atoms with Gasteiger partial charge in [-0.2, -0.15) is 0 Å². The van der Waals surface area contributed by atoms with Crippen molar-refractivity contribution in [2.75, 3.05) is 0 Å². The minimum absolute atomic E-state index is 0.00240. The highest BCUT2D eigenvalue weighted by Crippen LogP contribution is 2.54. The number of benzene rings is 18. The third kappa shape index (κ3) is 18.8. The van der Waals surface area contributed by atoms with Crippen molar-refractivity contribution in [2.45, 2.75) is 27.7 Å². The lowest BCUT2D eigenvalue weighted by atomic mass is 9.81. The Kier molecular flexibility index (Phi) is 27.2. The number of ketones is 2. The van der Waals surface area contributed by atoms with Crippen molar-refractivity contribution < 1.29 is 9.59 Å². The fraction of sp³-hybridized carbons (Fsp3) is 0.0317. The van der Waals surface area contributed by atoms with Gasteiger partial charge in [0.15, 0.2) is 11.6 Å². The molecular formula is C126H94O2. The van der Waals surface area contributed by atoms with Crippen LogP contribution in [0.1, 0.15) is 80.6 Å². The van der Waals surface area contributed by atoms with Gasteiger partial charge in [0.1, 0.15) is 0 Å². The highest BCUT2D eigenvalue weighted by molar-refractivity contribution is 6.60. The zero-order valence-electron chi connectivity index (χ0n) is 72.2. The van der Waals surface area contributed by atoms with Gasteiger partial charge in [0.25, 0.3) is 0 Å². The Balaban J connectivity index is 0.000000154. The van der Waals surface area contributed by atoms with Crippen LogP contribution in [0.3, 0.4) is 0 Å². The minimum Gasteiger partial charge on any atom is -0.289 e. The SMILES string of the molecule is C#Cc1ccc(C#C)cc1.CC.Cc1ccc(C)cc1.O=C1C(c2ccccc2)=C(c2ccccc2)C(c2ccc(C3=C(c4ccccc4)C(=O)C(c4ccccc4)=C3c3ccccc3)cc2)=C1c1ccccc1.c1ccc(-c2ccc(-c3ccccc3)c(-c3ccc(-c4c(-c5ccccc5)ccc(-c5ccccc5)c4-c4ccccc4)cc3)c2-c2ccccc2)cc1. The summed E-state index contributed by atoms with van der Waals surface area (Å²) in [5.74, 6) is 5.02. The number of hydrogen-bond acceptors (Lipinski definition) is 2. The summed E-state index contributed by atoms with van der Waals surface area (Å²) in [6, 6.07) is 168. The average Bonchev–Trinajstić information content (AvgIpc) is 1.52. The summed E-state index contributed by atoms with van der Waals surface area (Å²) in [6.45, 7) is 8.19. The monoisotopic (exact) mass is 1640 g/mol. The summed E-state index contributed by atoms with van der Waals surface area (Å²) in [4.78, 5) is 29.6. The van der Waals surface area contributed by atoms with Crippen molar-refractivity contribution in [1.29, 1.82) is 0 Å². The molecule has 2 aliphatic carbocycles. The van der Waals surface area contributed by atoms with Gasteiger partial charge in [0, 0.05) is 55.7 Å². The number of Topliss-reactive ketones (excluding diaryl/α,β-unsaturated/α-hetero) is 2. The minimum atomic E-state index is 0.00240. The largest absolute Gasteiger partial charge is 0.289 e. The Bertz CT molecular complexity index is 6640. The number of terminal acetylenes is 2. The standard InChI is InChI=1S/C54H38.C52H34O2.C10H6.C8H10.C2H6/c1-7-19-39(20-8-1)47-35-37-49(41-23-11-3-12-24-41)53(51(47)43-27-15-5-16-28-43)45-31-33-46(34-32-45)54-50(42-25-13-4-14-26-42)38-36-48(40-21-9-2-10-22-40)52(54)44-29-17-6-18-30-44;53-51-47(37-23-11-3-12-24-37)43(35-19-7-1-8-20-35)45(49(51)39-27-15-5-16-28-39)41-31-33-42(34-32-41)46-44(36-21-9-2-10-22-36)48(38-25-13-4-14-26-38)52(54)50(46)40-29-17-6-18-30-40;1-3-9-5-7-10(4-2)8-6-9;1-7-3-5-8(2)6-4-7;1-2/h1-38H;1-34H;1-2,5-8H;3-6H,1-2H3;1-2H3. The van der Waals surface area contributed by atoms with Crippen molar-refractivity contribution >= 4 is 56.2 Å². The molecule has 2 nitrogen and oxygen atoms in total. The molecule has 0 heterocycles. The summed E-state index contributed by atoms with van der Waals surface area (Å²) in [5.41, 5.74) is 37.4. The molecule has 0 aromatic heterocycles. The van der Waals surface area contributed by atoms with E-state index in [1.165, 1.54) is 100 Å². The van der Waals surface area contributed by atoms with Crippen LogP contribution in [-0.4, -0.2) is 11.6 Å². The van der Waals surface area contributed by atoms with Crippen LogP contribution in [0.25, 0.3) is 134 Å². The number of carbonyl (C=O) groups is 2. The van der Waals surface area contributed by atoms with Crippen LogP contribution in [0.15, 0.2) is 485 Å². The van der Waals surface area contributed by atoms with Gasteiger partial charge in [-0.3, -0.25) is 9.59 Å². The maximum absolute atomic E-state index is 14.8. The smallest absolute Gasteiger partial charge is 0.195 e. The molecule has 0 amide bonds. The van der Waals surface area contributed by atoms with E-state index in [9.17, 15) is 9.59 Å². The van der Waals surface area contributed by atoms with Crippen molar-refractivity contribution in [3.8, 4) is 114 Å². The van der Waals surface area contributed by atoms with Crippen LogP contribution in [0.5, 0.6) is 0 Å². The molecule has 610 valence electrons. The molecule has 2 aliphatic rings. The predicted molar refractivity (Wildman–Crippen MR) is 542 cm³/mol. The molecule has 0 N–H and O–H groups in total. The molecule has 0 saturated carbocycles. The van der Waals surface area contributed by atoms with E-state index in [4.69, 9.17) is 12.8 Å². The highest BCUT2D eigenvalue weighted by atomic mass is 16.1. The van der Waals surface area contributed by atoms with Gasteiger partial charge in [-0.1, -0.05) is 498 Å². The molecule has 0 spiro atoms. The summed E-state index contributed by atoms with van der Waals surface area (Å²) in [5, 5.41) is 0. The van der Waals surface area contributed by atoms with Gasteiger partial charge < -0.3 is 0 Å². The molecule has 20 rings (SSSR count). The topological polar surface area (TPSA) is 34.1 Å². The molecule has 0 atom stereocenters. The van der Waals surface area contributed by atoms with Crippen molar-refractivity contribution in [1.82, 2.24) is 0 Å². The van der Waals surface area contributed by atoms with Crippen molar-refractivity contribution in [3.05, 3.63) is 552 Å². The predicted octanol–water partition coefficient (Wildman–Crippen LogP) is 31.9. The number of carbonyl (C=O) groups excluding carboxylic acids is 2. The molecule has 0 radical (unpaired) electrons. The fourth-order valence-electron chi connectivity index (χ4n) is 17.0.